The van der Waals surface area contributed by atoms with Gasteiger partial charge in [-0.2, -0.15) is 0 Å². The minimum absolute atomic E-state index is 0.118. The van der Waals surface area contributed by atoms with Crippen LogP contribution in [0.5, 0.6) is 0 Å². The number of hydrogen-bond donors (Lipinski definition) is 1. The molecule has 0 amide bonds. The predicted octanol–water partition coefficient (Wildman–Crippen LogP) is 4.53. The molecule has 1 aromatic heterocycles. The summed E-state index contributed by atoms with van der Waals surface area (Å²) in [5, 5.41) is 13.4. The summed E-state index contributed by atoms with van der Waals surface area (Å²) >= 11 is 13.3. The molecule has 3 nitrogen and oxygen atoms in total. The first-order chi connectivity index (χ1) is 14.8. The predicted molar refractivity (Wildman–Crippen MR) is 129 cm³/mol. The zero-order chi connectivity index (χ0) is 22.1. The van der Waals surface area contributed by atoms with Gasteiger partial charge in [-0.1, -0.05) is 73.1 Å². The quantitative estimate of drug-likeness (QED) is 0.692. The van der Waals surface area contributed by atoms with Gasteiger partial charge in [0.05, 0.1) is 16.5 Å². The lowest BCUT2D eigenvalue weighted by molar-refractivity contribution is 0.116. The van der Waals surface area contributed by atoms with Gasteiger partial charge in [0, 0.05) is 34.9 Å². The number of halogens is 2. The van der Waals surface area contributed by atoms with Crippen molar-refractivity contribution in [1.29, 1.82) is 0 Å². The molecule has 3 heterocycles. The highest BCUT2D eigenvalue weighted by atomic mass is 35.5. The van der Waals surface area contributed by atoms with Crippen molar-refractivity contribution in [3.63, 3.8) is 0 Å². The Bertz CT molecular complexity index is 1240. The molecule has 6 unspecified atom stereocenters. The average molecular weight is 453 g/mol. The van der Waals surface area contributed by atoms with Gasteiger partial charge in [0.25, 0.3) is 0 Å². The second-order valence-corrected chi connectivity index (χ2v) is 9.97. The summed E-state index contributed by atoms with van der Waals surface area (Å²) in [6, 6.07) is 9.73. The summed E-state index contributed by atoms with van der Waals surface area (Å²) in [5.74, 6) is 1.97. The van der Waals surface area contributed by atoms with E-state index in [-0.39, 0.29) is 5.92 Å². The fraction of sp³-hybridized carbons (Fsp3) is 0.385. The van der Waals surface area contributed by atoms with E-state index in [0.29, 0.717) is 56.0 Å². The maximum absolute atomic E-state index is 11.4. The topological polar surface area (TPSA) is 45.5 Å². The van der Waals surface area contributed by atoms with Gasteiger partial charge in [0.1, 0.15) is 5.15 Å². The molecule has 2 saturated carbocycles. The third kappa shape index (κ3) is 3.05. The van der Waals surface area contributed by atoms with E-state index in [0.717, 1.165) is 11.1 Å². The molecule has 2 aromatic rings. The third-order valence-corrected chi connectivity index (χ3v) is 8.42. The summed E-state index contributed by atoms with van der Waals surface area (Å²) < 4.78 is 0. The largest absolute Gasteiger partial charge is 0.388 e. The number of aliphatic hydroxyl groups excluding tert-OH is 1. The number of rotatable bonds is 4. The number of aliphatic hydroxyl groups is 1. The van der Waals surface area contributed by atoms with Crippen LogP contribution >= 0.6 is 23.2 Å². The van der Waals surface area contributed by atoms with Gasteiger partial charge >= 0.3 is 0 Å². The van der Waals surface area contributed by atoms with Crippen molar-refractivity contribution in [2.24, 2.45) is 34.1 Å². The zero-order valence-corrected chi connectivity index (χ0v) is 19.5. The van der Waals surface area contributed by atoms with Crippen molar-refractivity contribution in [1.82, 2.24) is 4.98 Å². The number of aliphatic imine (C=N–C) groups is 1. The van der Waals surface area contributed by atoms with Crippen LogP contribution in [-0.4, -0.2) is 28.5 Å². The van der Waals surface area contributed by atoms with Gasteiger partial charge in [0.2, 0.25) is 0 Å². The summed E-state index contributed by atoms with van der Waals surface area (Å²) in [5.41, 5.74) is 3.99. The second kappa shape index (κ2) is 7.30. The third-order valence-electron chi connectivity index (χ3n) is 7.76. The number of nitrogens with zero attached hydrogens (tertiary/aromatic N) is 2. The van der Waals surface area contributed by atoms with E-state index in [1.807, 2.05) is 49.4 Å². The molecule has 6 atom stereocenters. The molecule has 2 fully saturated rings. The van der Waals surface area contributed by atoms with Crippen molar-refractivity contribution in [3.8, 4) is 11.1 Å². The van der Waals surface area contributed by atoms with E-state index in [1.54, 1.807) is 0 Å². The Hall–Kier alpha value is -1.94. The molecule has 31 heavy (non-hydrogen) atoms. The molecule has 5 heteroatoms. The van der Waals surface area contributed by atoms with Crippen molar-refractivity contribution in [3.05, 3.63) is 62.7 Å². The first-order valence-electron chi connectivity index (χ1n) is 10.8. The van der Waals surface area contributed by atoms with Gasteiger partial charge in [-0.3, -0.25) is 4.99 Å². The highest BCUT2D eigenvalue weighted by Gasteiger charge is 2.86. The fourth-order valence-corrected chi connectivity index (χ4v) is 6.71. The molecule has 6 rings (SSSR count). The molecule has 2 aliphatic heterocycles. The Kier molecular flexibility index (Phi) is 4.93. The Morgan fingerprint density at radius 2 is 1.94 bits per heavy atom. The molecule has 4 aliphatic rings. The smallest absolute Gasteiger partial charge is 0.139 e. The SMILES string of the molecule is C=c1nc(Cl)c(-c2ccccc2)c(Cl)c1=CC(=CC)C(O)C1CN=C(C)C2C3C1C23C. The van der Waals surface area contributed by atoms with Gasteiger partial charge in [-0.05, 0) is 48.3 Å². The van der Waals surface area contributed by atoms with Gasteiger partial charge < -0.3 is 5.11 Å². The lowest BCUT2D eigenvalue weighted by atomic mass is 9.81. The van der Waals surface area contributed by atoms with E-state index in [4.69, 9.17) is 28.2 Å². The molecule has 1 N–H and O–H groups in total. The maximum atomic E-state index is 11.4. The van der Waals surface area contributed by atoms with Gasteiger partial charge in [0.15, 0.2) is 0 Å². The summed E-state index contributed by atoms with van der Waals surface area (Å²) in [6.07, 6.45) is 3.26. The first-order valence-corrected chi connectivity index (χ1v) is 11.5. The van der Waals surface area contributed by atoms with Crippen molar-refractivity contribution >= 4 is 41.6 Å². The minimum atomic E-state index is -0.610. The molecule has 160 valence electrons. The van der Waals surface area contributed by atoms with Crippen molar-refractivity contribution < 1.29 is 5.11 Å². The molecular formula is C26H26Cl2N2O. The second-order valence-electron chi connectivity index (χ2n) is 9.24. The molecule has 0 spiro atoms. The van der Waals surface area contributed by atoms with E-state index in [9.17, 15) is 5.11 Å². The number of aromatic nitrogens is 1. The van der Waals surface area contributed by atoms with Crippen LogP contribution in [0.2, 0.25) is 10.2 Å². The molecule has 1 aromatic carbocycles. The number of benzene rings is 1. The molecular weight excluding hydrogens is 427 g/mol. The number of hydrogen-bond acceptors (Lipinski definition) is 3. The van der Waals surface area contributed by atoms with Gasteiger partial charge in [-0.15, -0.1) is 0 Å². The van der Waals surface area contributed by atoms with E-state index in [2.05, 4.69) is 25.4 Å². The normalized spacial score (nSPS) is 32.8. The molecule has 0 saturated heterocycles. The lowest BCUT2D eigenvalue weighted by Gasteiger charge is -2.26. The minimum Gasteiger partial charge on any atom is -0.388 e. The Morgan fingerprint density at radius 3 is 2.58 bits per heavy atom. The standard InChI is InChI=1S/C26H26Cl2N2O/c1-5-15(24(31)18-12-29-14(3)20-22-21(18)26(20,22)4)11-17-13(2)30-25(28)19(23(17)27)16-9-7-6-8-10-16/h5-11,18,20-22,24,31H,2,12H2,1,3-4H3. The monoisotopic (exact) mass is 452 g/mol. The first kappa shape index (κ1) is 20.9. The summed E-state index contributed by atoms with van der Waals surface area (Å²) in [6.45, 7) is 11.1. The number of pyridine rings is 1. The molecule has 0 radical (unpaired) electrons. The van der Waals surface area contributed by atoms with Crippen LogP contribution in [0, 0.1) is 29.1 Å². The fourth-order valence-electron chi connectivity index (χ4n) is 6.00. The van der Waals surface area contributed by atoms with Crippen LogP contribution in [0.4, 0.5) is 0 Å². The highest BCUT2D eigenvalue weighted by Crippen LogP contribution is 2.86. The summed E-state index contributed by atoms with van der Waals surface area (Å²) in [4.78, 5) is 9.23. The van der Waals surface area contributed by atoms with E-state index < -0.39 is 6.10 Å². The number of allylic oxidation sites excluding steroid dienone is 1. The van der Waals surface area contributed by atoms with E-state index >= 15 is 0 Å². The molecule has 2 aliphatic carbocycles. The van der Waals surface area contributed by atoms with Crippen LogP contribution < -0.4 is 10.6 Å². The Labute approximate surface area is 192 Å². The van der Waals surface area contributed by atoms with Crippen LogP contribution in [-0.2, 0) is 0 Å². The van der Waals surface area contributed by atoms with Crippen LogP contribution in [0.15, 0.2) is 47.0 Å². The van der Waals surface area contributed by atoms with E-state index in [1.165, 1.54) is 5.71 Å². The zero-order valence-electron chi connectivity index (χ0n) is 17.9. The van der Waals surface area contributed by atoms with Gasteiger partial charge in [-0.25, -0.2) is 4.98 Å². The Morgan fingerprint density at radius 1 is 1.26 bits per heavy atom. The van der Waals surface area contributed by atoms with Crippen molar-refractivity contribution in [2.75, 3.05) is 6.54 Å². The van der Waals surface area contributed by atoms with Crippen molar-refractivity contribution in [2.45, 2.75) is 26.9 Å². The maximum Gasteiger partial charge on any atom is 0.139 e. The van der Waals surface area contributed by atoms with Crippen LogP contribution in [0.25, 0.3) is 23.8 Å². The highest BCUT2D eigenvalue weighted by molar-refractivity contribution is 6.38. The van der Waals surface area contributed by atoms with Crippen LogP contribution in [0.1, 0.15) is 20.8 Å². The Balaban J connectivity index is 1.55. The van der Waals surface area contributed by atoms with Crippen LogP contribution in [0.3, 0.4) is 0 Å². The lowest BCUT2D eigenvalue weighted by Crippen LogP contribution is -2.33. The average Bonchev–Trinajstić information content (AvgIpc) is 3.59. The summed E-state index contributed by atoms with van der Waals surface area (Å²) in [7, 11) is 0. The number of fused-ring (bicyclic) bond motifs is 2. The molecule has 2 bridgehead atoms.